The molecule has 0 saturated heterocycles. The summed E-state index contributed by atoms with van der Waals surface area (Å²) in [5.74, 6) is 2.40. The molecule has 0 amide bonds. The second kappa shape index (κ2) is 7.34. The van der Waals surface area contributed by atoms with E-state index in [0.717, 1.165) is 32.1 Å². The minimum absolute atomic E-state index is 0.0394. The summed E-state index contributed by atoms with van der Waals surface area (Å²) in [7, 11) is 0. The van der Waals surface area contributed by atoms with Gasteiger partial charge in [-0.25, -0.2) is 4.89 Å². The van der Waals surface area contributed by atoms with Crippen LogP contribution >= 0.6 is 0 Å². The largest absolute Gasteiger partial charge is 0.417 e. The fourth-order valence-corrected chi connectivity index (χ4v) is 8.83. The second-order valence-corrected chi connectivity index (χ2v) is 11.8. The highest BCUT2D eigenvalue weighted by Gasteiger charge is 2.65. The molecular formula is C24H39F3O3. The minimum atomic E-state index is -4.53. The van der Waals surface area contributed by atoms with E-state index in [1.165, 1.54) is 6.42 Å². The van der Waals surface area contributed by atoms with Gasteiger partial charge in [-0.15, -0.1) is 0 Å². The SMILES string of the molecule is C[C@@H]([C@H]1CC[C@H]2[C@@H]3CC[C@@H]4C[C@@](O)(C(F)(F)F)CC[C@]4(C)[C@H]3CC[C@]12C)[C@@H](C)OO. The molecule has 10 atom stereocenters. The van der Waals surface area contributed by atoms with Crippen LogP contribution in [0.2, 0.25) is 0 Å². The minimum Gasteiger partial charge on any atom is -0.380 e. The number of rotatable bonds is 3. The molecule has 4 aliphatic carbocycles. The van der Waals surface area contributed by atoms with Gasteiger partial charge in [-0.3, -0.25) is 5.26 Å². The molecule has 0 unspecified atom stereocenters. The number of aliphatic hydroxyl groups is 1. The van der Waals surface area contributed by atoms with Crippen LogP contribution in [0.4, 0.5) is 13.2 Å². The summed E-state index contributed by atoms with van der Waals surface area (Å²) in [6.45, 7) is 8.76. The van der Waals surface area contributed by atoms with Crippen molar-refractivity contribution >= 4 is 0 Å². The van der Waals surface area contributed by atoms with Crippen molar-refractivity contribution in [1.29, 1.82) is 0 Å². The molecule has 0 heterocycles. The Labute approximate surface area is 178 Å². The maximum atomic E-state index is 13.5. The first-order chi connectivity index (χ1) is 13.9. The third-order valence-electron chi connectivity index (χ3n) is 10.9. The normalized spacial score (nSPS) is 50.9. The van der Waals surface area contributed by atoms with Crippen LogP contribution in [0.15, 0.2) is 0 Å². The van der Waals surface area contributed by atoms with Gasteiger partial charge >= 0.3 is 6.18 Å². The molecule has 0 spiro atoms. The molecule has 4 fully saturated rings. The first-order valence-electron chi connectivity index (χ1n) is 12.0. The summed E-state index contributed by atoms with van der Waals surface area (Å²) in [5, 5.41) is 19.6. The molecule has 4 aliphatic rings. The zero-order valence-corrected chi connectivity index (χ0v) is 18.8. The van der Waals surface area contributed by atoms with E-state index in [2.05, 4.69) is 25.7 Å². The first kappa shape index (κ1) is 22.8. The van der Waals surface area contributed by atoms with Crippen LogP contribution in [0.5, 0.6) is 0 Å². The highest BCUT2D eigenvalue weighted by Crippen LogP contribution is 2.69. The lowest BCUT2D eigenvalue weighted by Gasteiger charge is -2.62. The zero-order chi connectivity index (χ0) is 22.1. The molecule has 4 rings (SSSR count). The van der Waals surface area contributed by atoms with Crippen molar-refractivity contribution in [3.8, 4) is 0 Å². The highest BCUT2D eigenvalue weighted by molar-refractivity contribution is 5.11. The van der Waals surface area contributed by atoms with E-state index in [0.29, 0.717) is 30.1 Å². The van der Waals surface area contributed by atoms with Crippen LogP contribution in [0.3, 0.4) is 0 Å². The Morgan fingerprint density at radius 1 is 0.900 bits per heavy atom. The molecule has 0 aromatic carbocycles. The maximum Gasteiger partial charge on any atom is 0.417 e. The van der Waals surface area contributed by atoms with Crippen molar-refractivity contribution in [3.63, 3.8) is 0 Å². The molecule has 174 valence electrons. The molecule has 0 bridgehead atoms. The predicted molar refractivity (Wildman–Crippen MR) is 109 cm³/mol. The smallest absolute Gasteiger partial charge is 0.380 e. The third kappa shape index (κ3) is 3.18. The Morgan fingerprint density at radius 2 is 1.57 bits per heavy atom. The number of hydrogen-bond acceptors (Lipinski definition) is 3. The van der Waals surface area contributed by atoms with Crippen molar-refractivity contribution < 1.29 is 28.4 Å². The van der Waals surface area contributed by atoms with Gasteiger partial charge in [-0.1, -0.05) is 20.8 Å². The fourth-order valence-electron chi connectivity index (χ4n) is 8.83. The number of fused-ring (bicyclic) bond motifs is 5. The standard InChI is InChI=1S/C24H39F3O3/c1-14(15(2)30-29)18-7-8-19-17-6-5-16-13-23(28,24(25,26)27)12-11-21(16,3)20(17)9-10-22(18,19)4/h14-20,28-29H,5-13H2,1-4H3/t14-,15-,16-,17+,18-,19+,20+,21+,22-,23-/m1/s1. The Balaban J connectivity index is 1.55. The van der Waals surface area contributed by atoms with E-state index in [9.17, 15) is 23.5 Å². The lowest BCUT2D eigenvalue weighted by Crippen LogP contribution is -2.59. The van der Waals surface area contributed by atoms with E-state index in [-0.39, 0.29) is 41.6 Å². The van der Waals surface area contributed by atoms with E-state index < -0.39 is 11.8 Å². The second-order valence-electron chi connectivity index (χ2n) is 11.8. The topological polar surface area (TPSA) is 49.7 Å². The van der Waals surface area contributed by atoms with Gasteiger partial charge in [0.05, 0.1) is 6.10 Å². The zero-order valence-electron chi connectivity index (χ0n) is 18.8. The molecule has 2 N–H and O–H groups in total. The van der Waals surface area contributed by atoms with Gasteiger partial charge in [0.2, 0.25) is 0 Å². The molecule has 3 nitrogen and oxygen atoms in total. The van der Waals surface area contributed by atoms with E-state index in [1.54, 1.807) is 0 Å². The molecule has 4 saturated carbocycles. The van der Waals surface area contributed by atoms with Gasteiger partial charge in [0.25, 0.3) is 0 Å². The van der Waals surface area contributed by atoms with Crippen LogP contribution in [-0.2, 0) is 4.89 Å². The van der Waals surface area contributed by atoms with Crippen LogP contribution < -0.4 is 0 Å². The summed E-state index contributed by atoms with van der Waals surface area (Å²) in [6, 6.07) is 0. The molecular weight excluding hydrogens is 393 g/mol. The van der Waals surface area contributed by atoms with Crippen LogP contribution in [-0.4, -0.2) is 28.2 Å². The van der Waals surface area contributed by atoms with Crippen molar-refractivity contribution in [3.05, 3.63) is 0 Å². The fraction of sp³-hybridized carbons (Fsp3) is 1.00. The van der Waals surface area contributed by atoms with Crippen molar-refractivity contribution in [2.45, 2.75) is 103 Å². The van der Waals surface area contributed by atoms with Gasteiger partial charge in [-0.2, -0.15) is 13.2 Å². The van der Waals surface area contributed by atoms with Crippen LogP contribution in [0.1, 0.15) is 85.5 Å². The van der Waals surface area contributed by atoms with Gasteiger partial charge in [-0.05, 0) is 111 Å². The van der Waals surface area contributed by atoms with Gasteiger partial charge in [0.1, 0.15) is 0 Å². The number of alkyl halides is 3. The number of halogens is 3. The quantitative estimate of drug-likeness (QED) is 0.398. The molecule has 0 aromatic rings. The average Bonchev–Trinajstić information content (AvgIpc) is 3.03. The van der Waals surface area contributed by atoms with E-state index in [4.69, 9.17) is 0 Å². The first-order valence-corrected chi connectivity index (χ1v) is 12.0. The molecule has 30 heavy (non-hydrogen) atoms. The molecule has 6 heteroatoms. The predicted octanol–water partition coefficient (Wildman–Crippen LogP) is 6.45. The van der Waals surface area contributed by atoms with Gasteiger partial charge < -0.3 is 5.11 Å². The summed E-state index contributed by atoms with van der Waals surface area (Å²) < 4.78 is 40.5. The van der Waals surface area contributed by atoms with Crippen molar-refractivity contribution in [2.75, 3.05) is 0 Å². The lowest BCUT2D eigenvalue weighted by atomic mass is 9.43. The Kier molecular flexibility index (Phi) is 5.59. The van der Waals surface area contributed by atoms with Crippen molar-refractivity contribution in [1.82, 2.24) is 0 Å². The van der Waals surface area contributed by atoms with Crippen molar-refractivity contribution in [2.24, 2.45) is 46.3 Å². The summed E-state index contributed by atoms with van der Waals surface area (Å²) in [5.41, 5.74) is -2.37. The lowest BCUT2D eigenvalue weighted by molar-refractivity contribution is -0.292. The Morgan fingerprint density at radius 3 is 2.20 bits per heavy atom. The third-order valence-corrected chi connectivity index (χ3v) is 10.9. The summed E-state index contributed by atoms with van der Waals surface area (Å²) >= 11 is 0. The van der Waals surface area contributed by atoms with Crippen LogP contribution in [0.25, 0.3) is 0 Å². The summed E-state index contributed by atoms with van der Waals surface area (Å²) in [6.07, 6.45) is 1.79. The maximum absolute atomic E-state index is 13.5. The monoisotopic (exact) mass is 432 g/mol. The highest BCUT2D eigenvalue weighted by atomic mass is 19.4. The van der Waals surface area contributed by atoms with E-state index >= 15 is 0 Å². The average molecular weight is 433 g/mol. The Bertz CT molecular complexity index is 654. The van der Waals surface area contributed by atoms with Crippen LogP contribution in [0, 0.1) is 46.3 Å². The Hall–Kier alpha value is -0.330. The van der Waals surface area contributed by atoms with Gasteiger partial charge in [0.15, 0.2) is 5.60 Å². The molecule has 0 radical (unpaired) electrons. The number of hydrogen-bond donors (Lipinski definition) is 2. The molecule has 0 aromatic heterocycles. The molecule has 0 aliphatic heterocycles. The van der Waals surface area contributed by atoms with Gasteiger partial charge in [0, 0.05) is 0 Å². The van der Waals surface area contributed by atoms with E-state index in [1.807, 2.05) is 6.92 Å². The summed E-state index contributed by atoms with van der Waals surface area (Å²) in [4.78, 5) is 4.67.